The van der Waals surface area contributed by atoms with E-state index in [1.165, 1.54) is 18.2 Å². The fourth-order valence-corrected chi connectivity index (χ4v) is 1.62. The smallest absolute Gasteiger partial charge is 0.240 e. The van der Waals surface area contributed by atoms with Gasteiger partial charge in [0.25, 0.3) is 0 Å². The average molecular weight is 252 g/mol. The van der Waals surface area contributed by atoms with E-state index >= 15 is 0 Å². The van der Waals surface area contributed by atoms with E-state index in [4.69, 9.17) is 5.73 Å². The molecule has 0 aliphatic rings. The molecule has 0 saturated heterocycles. The Kier molecular flexibility index (Phi) is 4.83. The molecule has 4 nitrogen and oxygen atoms in total. The van der Waals surface area contributed by atoms with Crippen LogP contribution in [0.3, 0.4) is 0 Å². The zero-order valence-electron chi connectivity index (χ0n) is 10.4. The zero-order valence-corrected chi connectivity index (χ0v) is 10.4. The number of benzene rings is 1. The first-order valence-electron chi connectivity index (χ1n) is 5.73. The second kappa shape index (κ2) is 6.14. The van der Waals surface area contributed by atoms with Gasteiger partial charge in [-0.25, -0.2) is 4.39 Å². The van der Waals surface area contributed by atoms with Gasteiger partial charge in [0.1, 0.15) is 11.9 Å². The normalized spacial score (nSPS) is 12.2. The maximum Gasteiger partial charge on any atom is 0.240 e. The molecule has 3 N–H and O–H groups in total. The molecule has 0 saturated carbocycles. The molecular weight excluding hydrogens is 235 g/mol. The Labute approximate surface area is 105 Å². The molecule has 0 heterocycles. The molecule has 0 unspecified atom stereocenters. The minimum absolute atomic E-state index is 0.0221. The summed E-state index contributed by atoms with van der Waals surface area (Å²) in [6.07, 6.45) is 0.0221. The van der Waals surface area contributed by atoms with E-state index in [1.54, 1.807) is 19.9 Å². The SMILES string of the molecule is CC(C)[C@H](NC(=O)Cc1cccc(F)c1)C(N)=O. The third-order valence-corrected chi connectivity index (χ3v) is 2.54. The predicted octanol–water partition coefficient (Wildman–Crippen LogP) is 0.994. The van der Waals surface area contributed by atoms with E-state index in [9.17, 15) is 14.0 Å². The summed E-state index contributed by atoms with van der Waals surface area (Å²) in [6.45, 7) is 3.58. The van der Waals surface area contributed by atoms with Gasteiger partial charge in [0.15, 0.2) is 0 Å². The topological polar surface area (TPSA) is 72.2 Å². The summed E-state index contributed by atoms with van der Waals surface area (Å²) in [6, 6.07) is 5.07. The maximum absolute atomic E-state index is 12.9. The summed E-state index contributed by atoms with van der Waals surface area (Å²) >= 11 is 0. The molecule has 1 aromatic rings. The van der Waals surface area contributed by atoms with Crippen LogP contribution in [-0.2, 0) is 16.0 Å². The molecule has 0 radical (unpaired) electrons. The molecule has 0 aliphatic carbocycles. The van der Waals surface area contributed by atoms with Gasteiger partial charge in [-0.1, -0.05) is 26.0 Å². The number of carbonyl (C=O) groups excluding carboxylic acids is 2. The van der Waals surface area contributed by atoms with Crippen LogP contribution >= 0.6 is 0 Å². The van der Waals surface area contributed by atoms with Crippen LogP contribution in [0.15, 0.2) is 24.3 Å². The first-order valence-corrected chi connectivity index (χ1v) is 5.73. The largest absolute Gasteiger partial charge is 0.368 e. The maximum atomic E-state index is 12.9. The molecule has 1 aromatic carbocycles. The standard InChI is InChI=1S/C13H17FN2O2/c1-8(2)12(13(15)18)16-11(17)7-9-4-3-5-10(14)6-9/h3-6,8,12H,7H2,1-2H3,(H2,15,18)(H,16,17)/t12-/m0/s1. The quantitative estimate of drug-likeness (QED) is 0.820. The average Bonchev–Trinajstić information content (AvgIpc) is 2.25. The van der Waals surface area contributed by atoms with Crippen molar-refractivity contribution in [2.75, 3.05) is 0 Å². The van der Waals surface area contributed by atoms with Crippen molar-refractivity contribution in [2.45, 2.75) is 26.3 Å². The number of amides is 2. The van der Waals surface area contributed by atoms with E-state index < -0.39 is 17.8 Å². The second-order valence-corrected chi connectivity index (χ2v) is 4.50. The van der Waals surface area contributed by atoms with Crippen LogP contribution < -0.4 is 11.1 Å². The highest BCUT2D eigenvalue weighted by molar-refractivity contribution is 5.87. The third kappa shape index (κ3) is 4.16. The van der Waals surface area contributed by atoms with Gasteiger partial charge in [0.05, 0.1) is 6.42 Å². The Hall–Kier alpha value is -1.91. The van der Waals surface area contributed by atoms with Crippen molar-refractivity contribution < 1.29 is 14.0 Å². The highest BCUT2D eigenvalue weighted by Gasteiger charge is 2.21. The predicted molar refractivity (Wildman–Crippen MR) is 66.1 cm³/mol. The van der Waals surface area contributed by atoms with Crippen molar-refractivity contribution in [2.24, 2.45) is 11.7 Å². The summed E-state index contributed by atoms with van der Waals surface area (Å²) in [7, 11) is 0. The molecule has 2 amide bonds. The molecule has 5 heteroatoms. The van der Waals surface area contributed by atoms with Crippen LogP contribution in [0.4, 0.5) is 4.39 Å². The van der Waals surface area contributed by atoms with Crippen LogP contribution in [0.1, 0.15) is 19.4 Å². The summed E-state index contributed by atoms with van der Waals surface area (Å²) in [5.74, 6) is -1.40. The Morgan fingerprint density at radius 1 is 1.39 bits per heavy atom. The second-order valence-electron chi connectivity index (χ2n) is 4.50. The molecule has 0 fully saturated rings. The molecule has 0 aromatic heterocycles. The fourth-order valence-electron chi connectivity index (χ4n) is 1.62. The summed E-state index contributed by atoms with van der Waals surface area (Å²) in [5.41, 5.74) is 5.74. The van der Waals surface area contributed by atoms with E-state index in [-0.39, 0.29) is 18.2 Å². The lowest BCUT2D eigenvalue weighted by Crippen LogP contribution is -2.48. The molecule has 0 bridgehead atoms. The summed E-state index contributed by atoms with van der Waals surface area (Å²) in [5, 5.41) is 2.55. The van der Waals surface area contributed by atoms with Crippen LogP contribution in [-0.4, -0.2) is 17.9 Å². The molecular formula is C13H17FN2O2. The van der Waals surface area contributed by atoms with Crippen LogP contribution in [0.25, 0.3) is 0 Å². The monoisotopic (exact) mass is 252 g/mol. The van der Waals surface area contributed by atoms with Crippen molar-refractivity contribution in [3.63, 3.8) is 0 Å². The van der Waals surface area contributed by atoms with Crippen molar-refractivity contribution in [3.8, 4) is 0 Å². The van der Waals surface area contributed by atoms with Gasteiger partial charge >= 0.3 is 0 Å². The first kappa shape index (κ1) is 14.2. The number of primary amides is 1. The minimum Gasteiger partial charge on any atom is -0.368 e. The van der Waals surface area contributed by atoms with E-state index in [0.717, 1.165) is 0 Å². The van der Waals surface area contributed by atoms with E-state index in [2.05, 4.69) is 5.32 Å². The molecule has 0 spiro atoms. The van der Waals surface area contributed by atoms with Crippen LogP contribution in [0.5, 0.6) is 0 Å². The van der Waals surface area contributed by atoms with Gasteiger partial charge in [0, 0.05) is 0 Å². The van der Waals surface area contributed by atoms with Crippen LogP contribution in [0, 0.1) is 11.7 Å². The van der Waals surface area contributed by atoms with Crippen molar-refractivity contribution in [1.82, 2.24) is 5.32 Å². The number of hydrogen-bond donors (Lipinski definition) is 2. The number of hydrogen-bond acceptors (Lipinski definition) is 2. The molecule has 1 rings (SSSR count). The Bertz CT molecular complexity index is 446. The fraction of sp³-hybridized carbons (Fsp3) is 0.385. The molecule has 98 valence electrons. The number of nitrogens with two attached hydrogens (primary N) is 1. The highest BCUT2D eigenvalue weighted by Crippen LogP contribution is 2.06. The Balaban J connectivity index is 2.63. The number of halogens is 1. The zero-order chi connectivity index (χ0) is 13.7. The molecule has 0 aliphatic heterocycles. The number of rotatable bonds is 5. The number of carbonyl (C=O) groups is 2. The lowest BCUT2D eigenvalue weighted by Gasteiger charge is -2.18. The van der Waals surface area contributed by atoms with Crippen LogP contribution in [0.2, 0.25) is 0 Å². The van der Waals surface area contributed by atoms with Crippen molar-refractivity contribution in [1.29, 1.82) is 0 Å². The highest BCUT2D eigenvalue weighted by atomic mass is 19.1. The first-order chi connectivity index (χ1) is 8.40. The van der Waals surface area contributed by atoms with Gasteiger partial charge in [-0.3, -0.25) is 9.59 Å². The van der Waals surface area contributed by atoms with Gasteiger partial charge in [-0.05, 0) is 23.6 Å². The minimum atomic E-state index is -0.703. The third-order valence-electron chi connectivity index (χ3n) is 2.54. The Morgan fingerprint density at radius 2 is 2.06 bits per heavy atom. The summed E-state index contributed by atoms with van der Waals surface area (Å²) < 4.78 is 12.9. The Morgan fingerprint density at radius 3 is 2.56 bits per heavy atom. The van der Waals surface area contributed by atoms with E-state index in [1.807, 2.05) is 0 Å². The van der Waals surface area contributed by atoms with Crippen molar-refractivity contribution in [3.05, 3.63) is 35.6 Å². The molecule has 18 heavy (non-hydrogen) atoms. The number of nitrogens with one attached hydrogen (secondary N) is 1. The van der Waals surface area contributed by atoms with E-state index in [0.29, 0.717) is 5.56 Å². The van der Waals surface area contributed by atoms with Gasteiger partial charge < -0.3 is 11.1 Å². The summed E-state index contributed by atoms with van der Waals surface area (Å²) in [4.78, 5) is 22.8. The molecule has 1 atom stereocenters. The van der Waals surface area contributed by atoms with Gasteiger partial charge in [0.2, 0.25) is 11.8 Å². The van der Waals surface area contributed by atoms with Crippen molar-refractivity contribution >= 4 is 11.8 Å². The van der Waals surface area contributed by atoms with Gasteiger partial charge in [-0.2, -0.15) is 0 Å². The van der Waals surface area contributed by atoms with Gasteiger partial charge in [-0.15, -0.1) is 0 Å². The lowest BCUT2D eigenvalue weighted by molar-refractivity contribution is -0.127. The lowest BCUT2D eigenvalue weighted by atomic mass is 10.0.